The number of piperidine rings is 1. The number of carbonyl (C=O) groups is 1. The minimum absolute atomic E-state index is 0.301. The normalized spacial score (nSPS) is 19.5. The van der Waals surface area contributed by atoms with Crippen LogP contribution >= 0.6 is 0 Å². The molecule has 5 heteroatoms. The van der Waals surface area contributed by atoms with Gasteiger partial charge in [-0.25, -0.2) is 9.97 Å². The van der Waals surface area contributed by atoms with Crippen LogP contribution in [0.15, 0.2) is 6.33 Å². The number of aryl methyl sites for hydroxylation is 1. The zero-order valence-corrected chi connectivity index (χ0v) is 11.0. The van der Waals surface area contributed by atoms with Crippen LogP contribution in [0.3, 0.4) is 0 Å². The molecule has 0 aromatic carbocycles. The largest absolute Gasteiger partial charge is 0.481 e. The van der Waals surface area contributed by atoms with Crippen molar-refractivity contribution in [2.24, 2.45) is 5.92 Å². The third-order valence-electron chi connectivity index (χ3n) is 4.23. The van der Waals surface area contributed by atoms with Crippen molar-refractivity contribution >= 4 is 11.8 Å². The molecule has 0 unspecified atom stereocenters. The molecule has 2 aliphatic rings. The third kappa shape index (κ3) is 2.55. The van der Waals surface area contributed by atoms with Gasteiger partial charge in [-0.1, -0.05) is 0 Å². The highest BCUT2D eigenvalue weighted by Crippen LogP contribution is 2.31. The van der Waals surface area contributed by atoms with Crippen LogP contribution in [0.25, 0.3) is 0 Å². The molecule has 5 nitrogen and oxygen atoms in total. The fraction of sp³-hybridized carbons (Fsp3) is 0.643. The van der Waals surface area contributed by atoms with E-state index in [9.17, 15) is 4.79 Å². The number of rotatable bonds is 3. The van der Waals surface area contributed by atoms with E-state index in [0.717, 1.165) is 44.6 Å². The average molecular weight is 261 g/mol. The predicted octanol–water partition coefficient (Wildman–Crippen LogP) is 1.66. The Bertz CT molecular complexity index is 482. The van der Waals surface area contributed by atoms with Gasteiger partial charge in [0, 0.05) is 30.8 Å². The fourth-order valence-electron chi connectivity index (χ4n) is 3.21. The van der Waals surface area contributed by atoms with E-state index in [2.05, 4.69) is 14.9 Å². The van der Waals surface area contributed by atoms with Crippen molar-refractivity contribution in [2.45, 2.75) is 38.5 Å². The molecular weight excluding hydrogens is 242 g/mol. The number of nitrogens with zero attached hydrogens (tertiary/aromatic N) is 3. The summed E-state index contributed by atoms with van der Waals surface area (Å²) >= 11 is 0. The molecule has 1 saturated heterocycles. The maximum atomic E-state index is 10.7. The van der Waals surface area contributed by atoms with E-state index in [0.29, 0.717) is 12.3 Å². The molecule has 0 radical (unpaired) electrons. The number of hydrogen-bond acceptors (Lipinski definition) is 4. The summed E-state index contributed by atoms with van der Waals surface area (Å²) in [6, 6.07) is 0. The second kappa shape index (κ2) is 5.15. The monoisotopic (exact) mass is 261 g/mol. The Labute approximate surface area is 112 Å². The van der Waals surface area contributed by atoms with Crippen molar-refractivity contribution in [1.82, 2.24) is 9.97 Å². The topological polar surface area (TPSA) is 66.3 Å². The van der Waals surface area contributed by atoms with E-state index < -0.39 is 5.97 Å². The summed E-state index contributed by atoms with van der Waals surface area (Å²) < 4.78 is 0. The first-order chi connectivity index (χ1) is 9.24. The Hall–Kier alpha value is -1.65. The van der Waals surface area contributed by atoms with E-state index in [1.807, 2.05) is 0 Å². The van der Waals surface area contributed by atoms with Crippen LogP contribution in [0, 0.1) is 5.92 Å². The van der Waals surface area contributed by atoms with Gasteiger partial charge in [0.15, 0.2) is 0 Å². The molecule has 102 valence electrons. The van der Waals surface area contributed by atoms with Crippen LogP contribution in [0.5, 0.6) is 0 Å². The summed E-state index contributed by atoms with van der Waals surface area (Å²) in [5.74, 6) is 0.737. The number of anilines is 1. The molecule has 0 spiro atoms. The molecule has 1 aromatic heterocycles. The van der Waals surface area contributed by atoms with Gasteiger partial charge in [0.25, 0.3) is 0 Å². The molecule has 1 aromatic rings. The Morgan fingerprint density at radius 1 is 1.32 bits per heavy atom. The predicted molar refractivity (Wildman–Crippen MR) is 71.2 cm³/mol. The molecular formula is C14H19N3O2. The minimum Gasteiger partial charge on any atom is -0.481 e. The van der Waals surface area contributed by atoms with Crippen molar-refractivity contribution in [2.75, 3.05) is 18.0 Å². The summed E-state index contributed by atoms with van der Waals surface area (Å²) in [6.07, 6.45) is 7.20. The van der Waals surface area contributed by atoms with Gasteiger partial charge in [0.05, 0.1) is 0 Å². The second-order valence-corrected chi connectivity index (χ2v) is 5.50. The first-order valence-electron chi connectivity index (χ1n) is 7.03. The van der Waals surface area contributed by atoms with E-state index in [4.69, 9.17) is 5.11 Å². The summed E-state index contributed by atoms with van der Waals surface area (Å²) in [5, 5.41) is 8.84. The van der Waals surface area contributed by atoms with Crippen LogP contribution in [-0.4, -0.2) is 34.1 Å². The van der Waals surface area contributed by atoms with Crippen LogP contribution in [0.1, 0.15) is 36.9 Å². The Kier molecular flexibility index (Phi) is 3.36. The molecule has 1 N–H and O–H groups in total. The quantitative estimate of drug-likeness (QED) is 0.896. The third-order valence-corrected chi connectivity index (χ3v) is 4.23. The number of hydrogen-bond donors (Lipinski definition) is 1. The van der Waals surface area contributed by atoms with Crippen molar-refractivity contribution in [3.05, 3.63) is 17.6 Å². The van der Waals surface area contributed by atoms with Gasteiger partial charge in [0.1, 0.15) is 12.1 Å². The minimum atomic E-state index is -0.679. The molecule has 0 bridgehead atoms. The molecule has 3 rings (SSSR count). The maximum absolute atomic E-state index is 10.7. The van der Waals surface area contributed by atoms with Crippen molar-refractivity contribution < 1.29 is 9.90 Å². The zero-order valence-electron chi connectivity index (χ0n) is 11.0. The Balaban J connectivity index is 1.69. The Morgan fingerprint density at radius 3 is 2.84 bits per heavy atom. The van der Waals surface area contributed by atoms with Crippen LogP contribution in [-0.2, 0) is 17.6 Å². The van der Waals surface area contributed by atoms with E-state index >= 15 is 0 Å². The number of carboxylic acids is 1. The molecule has 1 fully saturated rings. The molecule has 2 heterocycles. The summed E-state index contributed by atoms with van der Waals surface area (Å²) in [5.41, 5.74) is 2.52. The van der Waals surface area contributed by atoms with Gasteiger partial charge in [0.2, 0.25) is 0 Å². The number of carboxylic acid groups (broad SMARTS) is 1. The van der Waals surface area contributed by atoms with Gasteiger partial charge < -0.3 is 10.0 Å². The van der Waals surface area contributed by atoms with Gasteiger partial charge in [-0.3, -0.25) is 4.79 Å². The van der Waals surface area contributed by atoms with Gasteiger partial charge >= 0.3 is 5.97 Å². The van der Waals surface area contributed by atoms with Crippen LogP contribution in [0.2, 0.25) is 0 Å². The molecule has 0 amide bonds. The smallest absolute Gasteiger partial charge is 0.303 e. The highest BCUT2D eigenvalue weighted by molar-refractivity contribution is 5.67. The zero-order chi connectivity index (χ0) is 13.2. The van der Waals surface area contributed by atoms with E-state index in [1.54, 1.807) is 6.33 Å². The SMILES string of the molecule is O=C(O)CC1CCN(c2ncnc3c2CCC3)CC1. The first-order valence-corrected chi connectivity index (χ1v) is 7.03. The van der Waals surface area contributed by atoms with Crippen molar-refractivity contribution in [3.63, 3.8) is 0 Å². The summed E-state index contributed by atoms with van der Waals surface area (Å²) in [6.45, 7) is 1.84. The summed E-state index contributed by atoms with van der Waals surface area (Å²) in [4.78, 5) is 21.9. The summed E-state index contributed by atoms with van der Waals surface area (Å²) in [7, 11) is 0. The van der Waals surface area contributed by atoms with Crippen LogP contribution in [0.4, 0.5) is 5.82 Å². The maximum Gasteiger partial charge on any atom is 0.303 e. The molecule has 1 aliphatic carbocycles. The highest BCUT2D eigenvalue weighted by Gasteiger charge is 2.26. The lowest BCUT2D eigenvalue weighted by molar-refractivity contribution is -0.138. The lowest BCUT2D eigenvalue weighted by Gasteiger charge is -2.33. The number of aromatic nitrogens is 2. The molecule has 0 atom stereocenters. The van der Waals surface area contributed by atoms with Gasteiger partial charge in [-0.2, -0.15) is 0 Å². The van der Waals surface area contributed by atoms with Gasteiger partial charge in [-0.15, -0.1) is 0 Å². The lowest BCUT2D eigenvalue weighted by atomic mass is 9.93. The number of fused-ring (bicyclic) bond motifs is 1. The first kappa shape index (κ1) is 12.4. The highest BCUT2D eigenvalue weighted by atomic mass is 16.4. The lowest BCUT2D eigenvalue weighted by Crippen LogP contribution is -2.35. The van der Waals surface area contributed by atoms with Crippen LogP contribution < -0.4 is 4.90 Å². The second-order valence-electron chi connectivity index (χ2n) is 5.50. The molecule has 19 heavy (non-hydrogen) atoms. The van der Waals surface area contributed by atoms with Gasteiger partial charge in [-0.05, 0) is 38.0 Å². The fourth-order valence-corrected chi connectivity index (χ4v) is 3.21. The van der Waals surface area contributed by atoms with Crippen molar-refractivity contribution in [1.29, 1.82) is 0 Å². The average Bonchev–Trinajstić information content (AvgIpc) is 2.87. The van der Waals surface area contributed by atoms with Crippen molar-refractivity contribution in [3.8, 4) is 0 Å². The Morgan fingerprint density at radius 2 is 2.11 bits per heavy atom. The standard InChI is InChI=1S/C14H19N3O2/c18-13(19)8-10-4-6-17(7-5-10)14-11-2-1-3-12(11)15-9-16-14/h9-10H,1-8H2,(H,18,19). The molecule has 0 saturated carbocycles. The molecule has 1 aliphatic heterocycles. The number of aliphatic carboxylic acids is 1. The van der Waals surface area contributed by atoms with E-state index in [-0.39, 0.29) is 0 Å². The van der Waals surface area contributed by atoms with E-state index in [1.165, 1.54) is 17.7 Å².